The van der Waals surface area contributed by atoms with Crippen LogP contribution in [0.25, 0.3) is 22.4 Å². The molecule has 3 heterocycles. The number of hydrogen-bond donors (Lipinski definition) is 3. The molecule has 1 atom stereocenters. The Balaban J connectivity index is 1.49. The number of aromatic hydroxyl groups is 1. The molecule has 1 fully saturated rings. The van der Waals surface area contributed by atoms with Gasteiger partial charge in [0.15, 0.2) is 0 Å². The molecule has 0 radical (unpaired) electrons. The first-order valence-corrected chi connectivity index (χ1v) is 9.94. The Morgan fingerprint density at radius 1 is 1.17 bits per heavy atom. The summed E-state index contributed by atoms with van der Waals surface area (Å²) in [7, 11) is 0. The van der Waals surface area contributed by atoms with Crippen molar-refractivity contribution in [1.29, 1.82) is 0 Å². The second-order valence-electron chi connectivity index (χ2n) is 8.54. The predicted molar refractivity (Wildman–Crippen MR) is 113 cm³/mol. The molecule has 1 aliphatic heterocycles. The van der Waals surface area contributed by atoms with Crippen molar-refractivity contribution in [1.82, 2.24) is 30.7 Å². The van der Waals surface area contributed by atoms with Crippen molar-refractivity contribution in [3.8, 4) is 28.1 Å². The maximum absolute atomic E-state index is 10.5. The summed E-state index contributed by atoms with van der Waals surface area (Å²) in [6.07, 6.45) is 7.41. The van der Waals surface area contributed by atoms with E-state index in [4.69, 9.17) is 0 Å². The lowest BCUT2D eigenvalue weighted by molar-refractivity contribution is 0.322. The highest BCUT2D eigenvalue weighted by atomic mass is 16.3. The van der Waals surface area contributed by atoms with Crippen LogP contribution in [0.5, 0.6) is 5.75 Å². The Bertz CT molecular complexity index is 948. The van der Waals surface area contributed by atoms with Gasteiger partial charge in [-0.05, 0) is 51.3 Å². The van der Waals surface area contributed by atoms with E-state index in [0.717, 1.165) is 37.1 Å². The number of rotatable bonds is 4. The van der Waals surface area contributed by atoms with E-state index in [1.165, 1.54) is 0 Å². The number of anilines is 1. The molecule has 0 saturated carbocycles. The highest BCUT2D eigenvalue weighted by molar-refractivity contribution is 5.73. The first-order chi connectivity index (χ1) is 13.9. The number of nitrogens with one attached hydrogen (secondary N) is 2. The van der Waals surface area contributed by atoms with Gasteiger partial charge in [-0.25, -0.2) is 4.98 Å². The Hall–Kier alpha value is -3.00. The van der Waals surface area contributed by atoms with Gasteiger partial charge in [0.2, 0.25) is 5.95 Å². The number of nitrogens with zero attached hydrogens (tertiary/aromatic N) is 5. The second kappa shape index (κ2) is 7.79. The molecule has 0 spiro atoms. The number of phenolic OH excluding ortho intramolecular Hbond substituents is 1. The third-order valence-electron chi connectivity index (χ3n) is 5.00. The first kappa shape index (κ1) is 19.3. The molecule has 0 aliphatic carbocycles. The molecule has 4 rings (SSSR count). The van der Waals surface area contributed by atoms with Gasteiger partial charge in [-0.2, -0.15) is 5.10 Å². The van der Waals surface area contributed by atoms with E-state index in [2.05, 4.69) is 56.4 Å². The SMILES string of the molecule is CC(C)(C)NC1CCCN(c2ncc(-c3ccc(-c4cn[nH]c4)cc3O)nn2)C1. The standard InChI is InChI=1S/C21H27N7O/c1-21(2,3)25-16-5-4-8-28(13-16)20-22-12-18(26-27-20)17-7-6-14(9-19(17)29)15-10-23-24-11-15/h6-7,9-12,16,25,29H,4-5,8,13H2,1-3H3,(H,23,24). The quantitative estimate of drug-likeness (QED) is 0.626. The largest absolute Gasteiger partial charge is 0.507 e. The average molecular weight is 393 g/mol. The number of piperidine rings is 1. The lowest BCUT2D eigenvalue weighted by atomic mass is 10.0. The molecule has 0 bridgehead atoms. The Labute approximate surface area is 170 Å². The molecule has 1 aromatic carbocycles. The van der Waals surface area contributed by atoms with Crippen LogP contribution in [0.15, 0.2) is 36.8 Å². The minimum atomic E-state index is 0.0801. The fourth-order valence-corrected chi connectivity index (χ4v) is 3.76. The van der Waals surface area contributed by atoms with E-state index >= 15 is 0 Å². The molecule has 8 nitrogen and oxygen atoms in total. The van der Waals surface area contributed by atoms with Crippen LogP contribution in [-0.2, 0) is 0 Å². The second-order valence-corrected chi connectivity index (χ2v) is 8.54. The number of benzene rings is 1. The molecular formula is C21H27N7O. The van der Waals surface area contributed by atoms with Gasteiger partial charge >= 0.3 is 0 Å². The van der Waals surface area contributed by atoms with Crippen molar-refractivity contribution in [2.75, 3.05) is 18.0 Å². The van der Waals surface area contributed by atoms with Crippen molar-refractivity contribution < 1.29 is 5.11 Å². The lowest BCUT2D eigenvalue weighted by Crippen LogP contribution is -2.52. The zero-order valence-electron chi connectivity index (χ0n) is 17.1. The highest BCUT2D eigenvalue weighted by Crippen LogP contribution is 2.32. The molecule has 1 saturated heterocycles. The van der Waals surface area contributed by atoms with Crippen LogP contribution in [0, 0.1) is 0 Å². The number of hydrogen-bond acceptors (Lipinski definition) is 7. The summed E-state index contributed by atoms with van der Waals surface area (Å²) in [5.74, 6) is 0.767. The van der Waals surface area contributed by atoms with Gasteiger partial charge in [0.1, 0.15) is 11.4 Å². The summed E-state index contributed by atoms with van der Waals surface area (Å²) in [6, 6.07) is 5.85. The minimum Gasteiger partial charge on any atom is -0.507 e. The molecule has 152 valence electrons. The number of H-pyrrole nitrogens is 1. The van der Waals surface area contributed by atoms with Crippen LogP contribution in [0.1, 0.15) is 33.6 Å². The molecule has 1 unspecified atom stereocenters. The fraction of sp³-hybridized carbons (Fsp3) is 0.429. The maximum atomic E-state index is 10.5. The minimum absolute atomic E-state index is 0.0801. The molecular weight excluding hydrogens is 366 g/mol. The third-order valence-corrected chi connectivity index (χ3v) is 5.00. The summed E-state index contributed by atoms with van der Waals surface area (Å²) in [6.45, 7) is 8.34. The number of aromatic nitrogens is 5. The lowest BCUT2D eigenvalue weighted by Gasteiger charge is -2.36. The van der Waals surface area contributed by atoms with Crippen LogP contribution in [0.3, 0.4) is 0 Å². The van der Waals surface area contributed by atoms with Crippen LogP contribution >= 0.6 is 0 Å². The molecule has 8 heteroatoms. The molecule has 0 amide bonds. The van der Waals surface area contributed by atoms with E-state index in [9.17, 15) is 5.11 Å². The summed E-state index contributed by atoms with van der Waals surface area (Å²) in [4.78, 5) is 6.69. The van der Waals surface area contributed by atoms with Crippen molar-refractivity contribution in [3.05, 3.63) is 36.8 Å². The van der Waals surface area contributed by atoms with Crippen molar-refractivity contribution in [3.63, 3.8) is 0 Å². The van der Waals surface area contributed by atoms with Gasteiger partial charge in [-0.1, -0.05) is 6.07 Å². The van der Waals surface area contributed by atoms with E-state index in [-0.39, 0.29) is 11.3 Å². The Morgan fingerprint density at radius 3 is 2.69 bits per heavy atom. The third kappa shape index (κ3) is 4.54. The van der Waals surface area contributed by atoms with Crippen LogP contribution in [0.2, 0.25) is 0 Å². The van der Waals surface area contributed by atoms with E-state index < -0.39 is 0 Å². The van der Waals surface area contributed by atoms with E-state index in [1.54, 1.807) is 24.7 Å². The molecule has 1 aliphatic rings. The Kier molecular flexibility index (Phi) is 5.19. The predicted octanol–water partition coefficient (Wildman–Crippen LogP) is 2.99. The van der Waals surface area contributed by atoms with Crippen LogP contribution in [-0.4, -0.2) is 55.2 Å². The zero-order chi connectivity index (χ0) is 20.4. The van der Waals surface area contributed by atoms with Crippen LogP contribution in [0.4, 0.5) is 5.95 Å². The summed E-state index contributed by atoms with van der Waals surface area (Å²) >= 11 is 0. The normalized spacial score (nSPS) is 17.5. The van der Waals surface area contributed by atoms with E-state index in [1.807, 2.05) is 12.1 Å². The maximum Gasteiger partial charge on any atom is 0.245 e. The molecule has 29 heavy (non-hydrogen) atoms. The van der Waals surface area contributed by atoms with Crippen molar-refractivity contribution in [2.45, 2.75) is 45.2 Å². The number of phenols is 1. The first-order valence-electron chi connectivity index (χ1n) is 9.94. The van der Waals surface area contributed by atoms with E-state index in [0.29, 0.717) is 23.2 Å². The fourth-order valence-electron chi connectivity index (χ4n) is 3.76. The van der Waals surface area contributed by atoms with Gasteiger partial charge in [0.25, 0.3) is 0 Å². The smallest absolute Gasteiger partial charge is 0.245 e. The summed E-state index contributed by atoms with van der Waals surface area (Å²) in [5.41, 5.74) is 3.02. The highest BCUT2D eigenvalue weighted by Gasteiger charge is 2.25. The number of aromatic amines is 1. The molecule has 3 N–H and O–H groups in total. The van der Waals surface area contributed by atoms with Crippen molar-refractivity contribution >= 4 is 5.95 Å². The average Bonchev–Trinajstić information content (AvgIpc) is 3.22. The zero-order valence-corrected chi connectivity index (χ0v) is 17.1. The molecule has 3 aromatic rings. The van der Waals surface area contributed by atoms with Gasteiger partial charge in [0, 0.05) is 42.0 Å². The van der Waals surface area contributed by atoms with Crippen LogP contribution < -0.4 is 10.2 Å². The van der Waals surface area contributed by atoms with Gasteiger partial charge in [0.05, 0.1) is 12.4 Å². The monoisotopic (exact) mass is 393 g/mol. The summed E-state index contributed by atoms with van der Waals surface area (Å²) < 4.78 is 0. The van der Waals surface area contributed by atoms with Gasteiger partial charge in [-0.15, -0.1) is 10.2 Å². The topological polar surface area (TPSA) is 103 Å². The van der Waals surface area contributed by atoms with Crippen molar-refractivity contribution in [2.24, 2.45) is 0 Å². The van der Waals surface area contributed by atoms with Gasteiger partial charge in [-0.3, -0.25) is 5.10 Å². The summed E-state index contributed by atoms with van der Waals surface area (Å²) in [5, 5.41) is 29.5. The Morgan fingerprint density at radius 2 is 2.03 bits per heavy atom. The van der Waals surface area contributed by atoms with Gasteiger partial charge < -0.3 is 15.3 Å². The molecule has 2 aromatic heterocycles.